The summed E-state index contributed by atoms with van der Waals surface area (Å²) >= 11 is 5.98. The van der Waals surface area contributed by atoms with Gasteiger partial charge in [0.15, 0.2) is 0 Å². The highest BCUT2D eigenvalue weighted by atomic mass is 35.5. The Balaban J connectivity index is 1.75. The number of nitrogens with one attached hydrogen (secondary N) is 1. The number of anilines is 1. The van der Waals surface area contributed by atoms with Crippen LogP contribution in [0.1, 0.15) is 11.1 Å². The summed E-state index contributed by atoms with van der Waals surface area (Å²) in [5, 5.41) is 4.22. The average molecular weight is 298 g/mol. The van der Waals surface area contributed by atoms with Crippen molar-refractivity contribution in [2.75, 3.05) is 5.32 Å². The number of imidazole rings is 1. The van der Waals surface area contributed by atoms with E-state index in [-0.39, 0.29) is 0 Å². The van der Waals surface area contributed by atoms with Crippen molar-refractivity contribution in [3.63, 3.8) is 0 Å². The molecule has 0 unspecified atom stereocenters. The van der Waals surface area contributed by atoms with Gasteiger partial charge in [0.2, 0.25) is 0 Å². The van der Waals surface area contributed by atoms with E-state index < -0.39 is 0 Å². The largest absolute Gasteiger partial charge is 0.381 e. The van der Waals surface area contributed by atoms with E-state index in [1.165, 1.54) is 11.1 Å². The van der Waals surface area contributed by atoms with Crippen molar-refractivity contribution in [3.05, 3.63) is 77.3 Å². The zero-order valence-electron chi connectivity index (χ0n) is 11.8. The average Bonchev–Trinajstić information content (AvgIpc) is 3.01. The maximum atomic E-state index is 5.98. The molecule has 0 atom stereocenters. The van der Waals surface area contributed by atoms with Gasteiger partial charge in [0.25, 0.3) is 0 Å². The van der Waals surface area contributed by atoms with Gasteiger partial charge in [-0.2, -0.15) is 0 Å². The van der Waals surface area contributed by atoms with Gasteiger partial charge in [0.1, 0.15) is 0 Å². The lowest BCUT2D eigenvalue weighted by molar-refractivity contribution is 1.05. The number of halogens is 1. The molecule has 0 amide bonds. The second-order valence-electron chi connectivity index (χ2n) is 4.94. The van der Waals surface area contributed by atoms with E-state index in [1.54, 1.807) is 12.5 Å². The fourth-order valence-electron chi connectivity index (χ4n) is 2.24. The molecule has 0 saturated heterocycles. The summed E-state index contributed by atoms with van der Waals surface area (Å²) in [6.07, 6.45) is 5.50. The molecule has 1 aromatic heterocycles. The first-order chi connectivity index (χ1) is 10.2. The van der Waals surface area contributed by atoms with Gasteiger partial charge in [-0.3, -0.25) is 0 Å². The van der Waals surface area contributed by atoms with Crippen LogP contribution in [0, 0.1) is 6.92 Å². The van der Waals surface area contributed by atoms with Gasteiger partial charge in [0.05, 0.1) is 6.33 Å². The van der Waals surface area contributed by atoms with Crippen LogP contribution in [0.3, 0.4) is 0 Å². The lowest BCUT2D eigenvalue weighted by Crippen LogP contribution is -2.02. The molecule has 2 aromatic carbocycles. The topological polar surface area (TPSA) is 29.9 Å². The minimum atomic E-state index is 0.774. The van der Waals surface area contributed by atoms with Crippen LogP contribution in [0.4, 0.5) is 5.69 Å². The lowest BCUT2D eigenvalue weighted by atomic mass is 10.1. The Morgan fingerprint density at radius 1 is 1.19 bits per heavy atom. The molecule has 0 bridgehead atoms. The van der Waals surface area contributed by atoms with E-state index >= 15 is 0 Å². The summed E-state index contributed by atoms with van der Waals surface area (Å²) < 4.78 is 1.98. The van der Waals surface area contributed by atoms with Crippen LogP contribution < -0.4 is 5.32 Å². The van der Waals surface area contributed by atoms with Crippen LogP contribution in [-0.2, 0) is 6.54 Å². The molecule has 1 N–H and O–H groups in total. The van der Waals surface area contributed by atoms with Crippen molar-refractivity contribution in [1.82, 2.24) is 9.55 Å². The molecule has 4 heteroatoms. The predicted octanol–water partition coefficient (Wildman–Crippen LogP) is 4.45. The van der Waals surface area contributed by atoms with Crippen LogP contribution in [0.25, 0.3) is 5.69 Å². The number of benzene rings is 2. The molecule has 0 radical (unpaired) electrons. The summed E-state index contributed by atoms with van der Waals surface area (Å²) in [4.78, 5) is 4.07. The van der Waals surface area contributed by atoms with Gasteiger partial charge >= 0.3 is 0 Å². The zero-order valence-corrected chi connectivity index (χ0v) is 12.5. The predicted molar refractivity (Wildman–Crippen MR) is 87.1 cm³/mol. The van der Waals surface area contributed by atoms with Crippen molar-refractivity contribution in [2.45, 2.75) is 13.5 Å². The second kappa shape index (κ2) is 6.02. The second-order valence-corrected chi connectivity index (χ2v) is 5.38. The van der Waals surface area contributed by atoms with E-state index in [1.807, 2.05) is 29.0 Å². The first-order valence-corrected chi connectivity index (χ1v) is 7.17. The summed E-state index contributed by atoms with van der Waals surface area (Å²) in [5.74, 6) is 0. The minimum absolute atomic E-state index is 0.774. The molecule has 0 aliphatic carbocycles. The summed E-state index contributed by atoms with van der Waals surface area (Å²) in [5.41, 5.74) is 4.61. The Bertz CT molecular complexity index is 736. The number of hydrogen-bond donors (Lipinski definition) is 1. The normalized spacial score (nSPS) is 10.6. The Morgan fingerprint density at radius 2 is 2.10 bits per heavy atom. The third-order valence-corrected chi connectivity index (χ3v) is 3.67. The van der Waals surface area contributed by atoms with E-state index in [4.69, 9.17) is 11.6 Å². The van der Waals surface area contributed by atoms with Gasteiger partial charge in [-0.25, -0.2) is 4.98 Å². The first-order valence-electron chi connectivity index (χ1n) is 6.80. The van der Waals surface area contributed by atoms with E-state index in [9.17, 15) is 0 Å². The van der Waals surface area contributed by atoms with Gasteiger partial charge in [-0.15, -0.1) is 0 Å². The number of hydrogen-bond acceptors (Lipinski definition) is 2. The molecule has 106 valence electrons. The molecule has 3 aromatic rings. The number of rotatable bonds is 4. The standard InChI is InChI=1S/C17H16ClN3/c1-13-9-15(18)6-5-14(13)11-20-16-3-2-4-17(10-16)21-8-7-19-12-21/h2-10,12,20H,11H2,1H3. The molecule has 1 heterocycles. The van der Waals surface area contributed by atoms with Gasteiger partial charge < -0.3 is 9.88 Å². The highest BCUT2D eigenvalue weighted by molar-refractivity contribution is 6.30. The maximum Gasteiger partial charge on any atom is 0.0991 e. The molecule has 3 nitrogen and oxygen atoms in total. The molecule has 0 fully saturated rings. The molecule has 3 rings (SSSR count). The fourth-order valence-corrected chi connectivity index (χ4v) is 2.47. The number of aryl methyl sites for hydroxylation is 1. The smallest absolute Gasteiger partial charge is 0.0991 e. The van der Waals surface area contributed by atoms with Gasteiger partial charge in [-0.05, 0) is 48.4 Å². The molecule has 21 heavy (non-hydrogen) atoms. The van der Waals surface area contributed by atoms with E-state index in [0.717, 1.165) is 22.9 Å². The maximum absolute atomic E-state index is 5.98. The van der Waals surface area contributed by atoms with Crippen LogP contribution >= 0.6 is 11.6 Å². The summed E-state index contributed by atoms with van der Waals surface area (Å²) in [6, 6.07) is 14.2. The van der Waals surface area contributed by atoms with Crippen molar-refractivity contribution in [3.8, 4) is 5.69 Å². The Labute approximate surface area is 129 Å². The molecule has 0 saturated carbocycles. The van der Waals surface area contributed by atoms with Gasteiger partial charge in [0, 0.05) is 35.3 Å². The molecular weight excluding hydrogens is 282 g/mol. The fraction of sp³-hybridized carbons (Fsp3) is 0.118. The third-order valence-electron chi connectivity index (χ3n) is 3.44. The minimum Gasteiger partial charge on any atom is -0.381 e. The Kier molecular flexibility index (Phi) is 3.93. The lowest BCUT2D eigenvalue weighted by Gasteiger charge is -2.11. The SMILES string of the molecule is Cc1cc(Cl)ccc1CNc1cccc(-n2ccnc2)c1. The van der Waals surface area contributed by atoms with Crippen molar-refractivity contribution >= 4 is 17.3 Å². The van der Waals surface area contributed by atoms with Crippen molar-refractivity contribution < 1.29 is 0 Å². The molecular formula is C17H16ClN3. The van der Waals surface area contributed by atoms with Crippen molar-refractivity contribution in [1.29, 1.82) is 0 Å². The summed E-state index contributed by atoms with van der Waals surface area (Å²) in [7, 11) is 0. The molecule has 0 spiro atoms. The number of aromatic nitrogens is 2. The van der Waals surface area contributed by atoms with Crippen LogP contribution in [0.2, 0.25) is 5.02 Å². The first kappa shape index (κ1) is 13.7. The van der Waals surface area contributed by atoms with Crippen LogP contribution in [-0.4, -0.2) is 9.55 Å². The summed E-state index contributed by atoms with van der Waals surface area (Å²) in [6.45, 7) is 2.85. The van der Waals surface area contributed by atoms with Gasteiger partial charge in [-0.1, -0.05) is 23.7 Å². The highest BCUT2D eigenvalue weighted by Crippen LogP contribution is 2.18. The van der Waals surface area contributed by atoms with E-state index in [2.05, 4.69) is 41.5 Å². The van der Waals surface area contributed by atoms with Crippen LogP contribution in [0.5, 0.6) is 0 Å². The quantitative estimate of drug-likeness (QED) is 0.771. The van der Waals surface area contributed by atoms with Crippen LogP contribution in [0.15, 0.2) is 61.2 Å². The molecule has 0 aliphatic heterocycles. The van der Waals surface area contributed by atoms with E-state index in [0.29, 0.717) is 0 Å². The third kappa shape index (κ3) is 3.26. The Morgan fingerprint density at radius 3 is 2.86 bits per heavy atom. The highest BCUT2D eigenvalue weighted by Gasteiger charge is 2.01. The zero-order chi connectivity index (χ0) is 14.7. The van der Waals surface area contributed by atoms with Crippen molar-refractivity contribution in [2.24, 2.45) is 0 Å². The Hall–Kier alpha value is -2.26. The monoisotopic (exact) mass is 297 g/mol. The number of nitrogens with zero attached hydrogens (tertiary/aromatic N) is 2. The molecule has 0 aliphatic rings.